The average Bonchev–Trinajstić information content (AvgIpc) is 3.14. The second-order valence-electron chi connectivity index (χ2n) is 8.99. The second kappa shape index (κ2) is 10.5. The lowest BCUT2D eigenvalue weighted by Gasteiger charge is -2.30. The fraction of sp³-hybridized carbons (Fsp3) is 0.440. The molecule has 1 saturated heterocycles. The SMILES string of the molecule is O=C(NC1CCC(c2ccccc2)CC1)C1CN(CCNc2ccc(C(F)(F)F)cn2)C(=O)C1=O. The molecular weight excluding hydrogens is 461 g/mol. The van der Waals surface area contributed by atoms with Crippen LogP contribution in [0.1, 0.15) is 42.7 Å². The summed E-state index contributed by atoms with van der Waals surface area (Å²) in [7, 11) is 0. The maximum absolute atomic E-state index is 12.7. The highest BCUT2D eigenvalue weighted by molar-refractivity contribution is 6.42. The number of nitrogens with one attached hydrogen (secondary N) is 2. The zero-order valence-electron chi connectivity index (χ0n) is 19.1. The number of rotatable bonds is 7. The van der Waals surface area contributed by atoms with Crippen LogP contribution in [-0.2, 0) is 20.6 Å². The van der Waals surface area contributed by atoms with E-state index in [0.29, 0.717) is 5.92 Å². The summed E-state index contributed by atoms with van der Waals surface area (Å²) in [5.74, 6) is -2.24. The van der Waals surface area contributed by atoms with E-state index in [2.05, 4.69) is 27.8 Å². The number of hydrogen-bond acceptors (Lipinski definition) is 5. The van der Waals surface area contributed by atoms with Gasteiger partial charge in [-0.15, -0.1) is 0 Å². The van der Waals surface area contributed by atoms with Crippen molar-refractivity contribution in [1.29, 1.82) is 0 Å². The number of Topliss-reactive ketones (excluding diaryl/α,β-unsaturated/α-hetero) is 1. The van der Waals surface area contributed by atoms with Gasteiger partial charge in [-0.3, -0.25) is 14.4 Å². The zero-order valence-corrected chi connectivity index (χ0v) is 19.1. The maximum atomic E-state index is 12.7. The molecule has 186 valence electrons. The van der Waals surface area contributed by atoms with Crippen LogP contribution >= 0.6 is 0 Å². The Labute approximate surface area is 201 Å². The highest BCUT2D eigenvalue weighted by atomic mass is 19.4. The predicted octanol–water partition coefficient (Wildman–Crippen LogP) is 3.38. The molecule has 1 saturated carbocycles. The number of nitrogens with zero attached hydrogens (tertiary/aromatic N) is 2. The molecule has 35 heavy (non-hydrogen) atoms. The molecule has 2 fully saturated rings. The minimum atomic E-state index is -4.47. The van der Waals surface area contributed by atoms with E-state index in [0.717, 1.165) is 37.9 Å². The van der Waals surface area contributed by atoms with Crippen molar-refractivity contribution in [3.8, 4) is 0 Å². The van der Waals surface area contributed by atoms with Crippen LogP contribution in [0.3, 0.4) is 0 Å². The molecule has 1 unspecified atom stereocenters. The van der Waals surface area contributed by atoms with Gasteiger partial charge in [0.05, 0.1) is 5.56 Å². The lowest BCUT2D eigenvalue weighted by Crippen LogP contribution is -2.43. The summed E-state index contributed by atoms with van der Waals surface area (Å²) in [4.78, 5) is 42.5. The van der Waals surface area contributed by atoms with Crippen molar-refractivity contribution >= 4 is 23.4 Å². The largest absolute Gasteiger partial charge is 0.417 e. The molecule has 2 N–H and O–H groups in total. The number of carbonyl (C=O) groups excluding carboxylic acids is 3. The number of amides is 2. The standard InChI is InChI=1S/C25H27F3N4O3/c26-25(27,28)18-8-11-21(30-14-18)29-12-13-32-15-20(22(33)24(32)35)23(34)31-19-9-6-17(7-10-19)16-4-2-1-3-5-16/h1-5,8,11,14,17,19-20H,6-7,9-10,12-13,15H2,(H,29,30)(H,31,34). The van der Waals surface area contributed by atoms with Gasteiger partial charge in [0.15, 0.2) is 0 Å². The van der Waals surface area contributed by atoms with Crippen LogP contribution in [0.5, 0.6) is 0 Å². The fourth-order valence-electron chi connectivity index (χ4n) is 4.67. The predicted molar refractivity (Wildman–Crippen MR) is 122 cm³/mol. The molecule has 1 aromatic heterocycles. The van der Waals surface area contributed by atoms with Gasteiger partial charge in [0.1, 0.15) is 11.7 Å². The van der Waals surface area contributed by atoms with Gasteiger partial charge >= 0.3 is 6.18 Å². The summed E-state index contributed by atoms with van der Waals surface area (Å²) in [5, 5.41) is 5.78. The minimum absolute atomic E-state index is 0.00895. The number of ketones is 1. The molecular formula is C25H27F3N4O3. The minimum Gasteiger partial charge on any atom is -0.368 e. The van der Waals surface area contributed by atoms with Crippen LogP contribution in [0.15, 0.2) is 48.7 Å². The Morgan fingerprint density at radius 2 is 1.74 bits per heavy atom. The third kappa shape index (κ3) is 5.98. The summed E-state index contributed by atoms with van der Waals surface area (Å²) < 4.78 is 37.9. The molecule has 0 radical (unpaired) electrons. The van der Waals surface area contributed by atoms with Crippen LogP contribution in [0.4, 0.5) is 19.0 Å². The van der Waals surface area contributed by atoms with Gasteiger partial charge < -0.3 is 15.5 Å². The molecule has 7 nitrogen and oxygen atoms in total. The molecule has 1 aliphatic carbocycles. The van der Waals surface area contributed by atoms with E-state index >= 15 is 0 Å². The van der Waals surface area contributed by atoms with E-state index in [9.17, 15) is 27.6 Å². The van der Waals surface area contributed by atoms with Crippen LogP contribution < -0.4 is 10.6 Å². The summed E-state index contributed by atoms with van der Waals surface area (Å²) in [6, 6.07) is 12.3. The van der Waals surface area contributed by atoms with E-state index in [4.69, 9.17) is 0 Å². The third-order valence-corrected chi connectivity index (χ3v) is 6.66. The topological polar surface area (TPSA) is 91.4 Å². The first-order valence-corrected chi connectivity index (χ1v) is 11.7. The van der Waals surface area contributed by atoms with Gasteiger partial charge in [0.25, 0.3) is 5.91 Å². The van der Waals surface area contributed by atoms with Gasteiger partial charge in [0, 0.05) is 31.9 Å². The summed E-state index contributed by atoms with van der Waals surface area (Å²) in [6.07, 6.45) is -0.225. The number of benzene rings is 1. The van der Waals surface area contributed by atoms with Crippen molar-refractivity contribution in [3.05, 3.63) is 59.8 Å². The molecule has 1 atom stereocenters. The molecule has 2 aliphatic rings. The lowest BCUT2D eigenvalue weighted by atomic mass is 9.81. The molecule has 0 bridgehead atoms. The Bertz CT molecular complexity index is 1050. The van der Waals surface area contributed by atoms with E-state index in [1.165, 1.54) is 16.5 Å². The Hall–Kier alpha value is -3.43. The fourth-order valence-corrected chi connectivity index (χ4v) is 4.67. The molecule has 1 aliphatic heterocycles. The van der Waals surface area contributed by atoms with Gasteiger partial charge in [-0.05, 0) is 49.3 Å². The monoisotopic (exact) mass is 488 g/mol. The number of pyridine rings is 1. The summed E-state index contributed by atoms with van der Waals surface area (Å²) in [5.41, 5.74) is 0.440. The summed E-state index contributed by atoms with van der Waals surface area (Å²) >= 11 is 0. The van der Waals surface area contributed by atoms with Gasteiger partial charge in [-0.1, -0.05) is 30.3 Å². The number of hydrogen-bond donors (Lipinski definition) is 2. The third-order valence-electron chi connectivity index (χ3n) is 6.66. The lowest BCUT2D eigenvalue weighted by molar-refractivity contribution is -0.142. The highest BCUT2D eigenvalue weighted by Gasteiger charge is 2.43. The summed E-state index contributed by atoms with van der Waals surface area (Å²) in [6.45, 7) is 0.291. The first-order chi connectivity index (χ1) is 16.7. The molecule has 1 aromatic carbocycles. The van der Waals surface area contributed by atoms with E-state index in [1.54, 1.807) is 0 Å². The average molecular weight is 489 g/mol. The van der Waals surface area contributed by atoms with Crippen LogP contribution in [0.25, 0.3) is 0 Å². The Balaban J connectivity index is 1.23. The molecule has 2 heterocycles. The normalized spacial score (nSPS) is 22.8. The van der Waals surface area contributed by atoms with Gasteiger partial charge in [-0.2, -0.15) is 13.2 Å². The first-order valence-electron chi connectivity index (χ1n) is 11.7. The molecule has 0 spiro atoms. The number of alkyl halides is 3. The number of likely N-dealkylation sites (tertiary alicyclic amines) is 1. The van der Waals surface area contributed by atoms with E-state index in [-0.39, 0.29) is 31.5 Å². The van der Waals surface area contributed by atoms with Gasteiger partial charge in [-0.25, -0.2) is 4.98 Å². The van der Waals surface area contributed by atoms with Crippen molar-refractivity contribution in [2.45, 2.75) is 43.8 Å². The van der Waals surface area contributed by atoms with Crippen molar-refractivity contribution < 1.29 is 27.6 Å². The highest BCUT2D eigenvalue weighted by Crippen LogP contribution is 2.33. The first kappa shape index (κ1) is 24.7. The van der Waals surface area contributed by atoms with E-state index in [1.807, 2.05) is 18.2 Å². The number of halogens is 3. The van der Waals surface area contributed by atoms with Crippen molar-refractivity contribution in [2.24, 2.45) is 5.92 Å². The molecule has 2 aromatic rings. The van der Waals surface area contributed by atoms with Crippen molar-refractivity contribution in [1.82, 2.24) is 15.2 Å². The number of carbonyl (C=O) groups is 3. The Kier molecular flexibility index (Phi) is 7.37. The van der Waals surface area contributed by atoms with Crippen molar-refractivity contribution in [3.63, 3.8) is 0 Å². The number of aromatic nitrogens is 1. The quantitative estimate of drug-likeness (QED) is 0.461. The second-order valence-corrected chi connectivity index (χ2v) is 8.99. The van der Waals surface area contributed by atoms with Crippen LogP contribution in [0.2, 0.25) is 0 Å². The zero-order chi connectivity index (χ0) is 25.0. The smallest absolute Gasteiger partial charge is 0.368 e. The molecule has 4 rings (SSSR count). The number of anilines is 1. The van der Waals surface area contributed by atoms with Crippen molar-refractivity contribution in [2.75, 3.05) is 25.0 Å². The molecule has 10 heteroatoms. The Morgan fingerprint density at radius 1 is 1.03 bits per heavy atom. The van der Waals surface area contributed by atoms with Crippen LogP contribution in [0, 0.1) is 5.92 Å². The van der Waals surface area contributed by atoms with E-state index < -0.39 is 35.3 Å². The molecule has 2 amide bonds. The maximum Gasteiger partial charge on any atom is 0.417 e. The van der Waals surface area contributed by atoms with Gasteiger partial charge in [0.2, 0.25) is 11.7 Å². The van der Waals surface area contributed by atoms with Crippen LogP contribution in [-0.4, -0.2) is 53.2 Å². The Morgan fingerprint density at radius 3 is 2.37 bits per heavy atom.